The van der Waals surface area contributed by atoms with E-state index >= 15 is 0 Å². The second-order valence-corrected chi connectivity index (χ2v) is 6.25. The molecule has 0 saturated carbocycles. The lowest BCUT2D eigenvalue weighted by atomic mass is 10.1. The lowest BCUT2D eigenvalue weighted by Gasteiger charge is -2.12. The molecule has 2 heterocycles. The number of hydrogen-bond acceptors (Lipinski definition) is 5. The summed E-state index contributed by atoms with van der Waals surface area (Å²) in [5.41, 5.74) is 2.55. The van der Waals surface area contributed by atoms with Gasteiger partial charge in [0.15, 0.2) is 5.65 Å². The van der Waals surface area contributed by atoms with Gasteiger partial charge in [0.05, 0.1) is 37.1 Å². The molecule has 0 aliphatic heterocycles. The van der Waals surface area contributed by atoms with Crippen LogP contribution in [0.3, 0.4) is 0 Å². The van der Waals surface area contributed by atoms with Crippen LogP contribution in [0.15, 0.2) is 30.5 Å². The Kier molecular flexibility index (Phi) is 4.79. The first-order valence-electron chi connectivity index (χ1n) is 8.32. The normalized spacial score (nSPS) is 11.0. The molecule has 0 radical (unpaired) electrons. The van der Waals surface area contributed by atoms with Crippen molar-refractivity contribution in [3.05, 3.63) is 41.7 Å². The predicted octanol–water partition coefficient (Wildman–Crippen LogP) is 3.59. The molecular formula is C19H22N4O3. The number of ether oxygens (including phenoxy) is 2. The quantitative estimate of drug-likeness (QED) is 0.757. The molecule has 3 rings (SSSR count). The molecule has 0 aliphatic carbocycles. The minimum absolute atomic E-state index is 0.152. The lowest BCUT2D eigenvalue weighted by Crippen LogP contribution is -2.14. The van der Waals surface area contributed by atoms with Crippen LogP contribution >= 0.6 is 0 Å². The molecule has 1 N–H and O–H groups in total. The number of anilines is 1. The molecule has 1 aromatic carbocycles. The Bertz CT molecular complexity index is 963. The Labute approximate surface area is 151 Å². The van der Waals surface area contributed by atoms with E-state index < -0.39 is 0 Å². The third-order valence-electron chi connectivity index (χ3n) is 4.09. The van der Waals surface area contributed by atoms with Gasteiger partial charge in [0.2, 0.25) is 0 Å². The van der Waals surface area contributed by atoms with Crippen LogP contribution in [0, 0.1) is 6.92 Å². The van der Waals surface area contributed by atoms with Crippen LogP contribution in [0.2, 0.25) is 0 Å². The number of hydrogen-bond donors (Lipinski definition) is 1. The molecule has 26 heavy (non-hydrogen) atoms. The summed E-state index contributed by atoms with van der Waals surface area (Å²) >= 11 is 0. The monoisotopic (exact) mass is 354 g/mol. The van der Waals surface area contributed by atoms with Gasteiger partial charge in [-0.25, -0.2) is 9.67 Å². The number of pyridine rings is 1. The maximum absolute atomic E-state index is 12.9. The number of amides is 1. The summed E-state index contributed by atoms with van der Waals surface area (Å²) in [6.45, 7) is 5.92. The lowest BCUT2D eigenvalue weighted by molar-refractivity contribution is 0.102. The molecule has 0 unspecified atom stereocenters. The standard InChI is InChI=1S/C19H22N4O3/c1-11(2)23-18-15(10-20-23)14(8-12(3)21-18)19(24)22-16-7-6-13(25-4)9-17(16)26-5/h6-11H,1-5H3,(H,22,24). The number of carbonyl (C=O) groups is 1. The van der Waals surface area contributed by atoms with E-state index in [4.69, 9.17) is 9.47 Å². The Balaban J connectivity index is 2.01. The largest absolute Gasteiger partial charge is 0.497 e. The highest BCUT2D eigenvalue weighted by Crippen LogP contribution is 2.30. The molecule has 0 bridgehead atoms. The van der Waals surface area contributed by atoms with Gasteiger partial charge in [-0.2, -0.15) is 5.10 Å². The van der Waals surface area contributed by atoms with E-state index in [1.165, 1.54) is 0 Å². The van der Waals surface area contributed by atoms with Gasteiger partial charge in [-0.3, -0.25) is 4.79 Å². The minimum Gasteiger partial charge on any atom is -0.497 e. The van der Waals surface area contributed by atoms with Gasteiger partial charge in [-0.15, -0.1) is 0 Å². The summed E-state index contributed by atoms with van der Waals surface area (Å²) in [6.07, 6.45) is 1.68. The average molecular weight is 354 g/mol. The van der Waals surface area contributed by atoms with E-state index in [1.807, 2.05) is 25.5 Å². The second-order valence-electron chi connectivity index (χ2n) is 6.25. The third-order valence-corrected chi connectivity index (χ3v) is 4.09. The molecule has 0 aliphatic rings. The summed E-state index contributed by atoms with van der Waals surface area (Å²) in [4.78, 5) is 17.5. The van der Waals surface area contributed by atoms with E-state index in [1.54, 1.807) is 44.7 Å². The molecule has 0 atom stereocenters. The molecule has 0 saturated heterocycles. The number of benzene rings is 1. The van der Waals surface area contributed by atoms with E-state index in [2.05, 4.69) is 15.4 Å². The van der Waals surface area contributed by atoms with Gasteiger partial charge in [0.25, 0.3) is 5.91 Å². The van der Waals surface area contributed by atoms with Gasteiger partial charge in [-0.1, -0.05) is 0 Å². The molecule has 136 valence electrons. The summed E-state index contributed by atoms with van der Waals surface area (Å²) in [7, 11) is 3.13. The first-order valence-corrected chi connectivity index (χ1v) is 8.32. The zero-order valence-corrected chi connectivity index (χ0v) is 15.5. The Morgan fingerprint density at radius 2 is 1.96 bits per heavy atom. The van der Waals surface area contributed by atoms with E-state index in [-0.39, 0.29) is 11.9 Å². The number of aromatic nitrogens is 3. The van der Waals surface area contributed by atoms with Crippen molar-refractivity contribution in [1.29, 1.82) is 0 Å². The molecule has 0 spiro atoms. The Hall–Kier alpha value is -3.09. The number of nitrogens with one attached hydrogen (secondary N) is 1. The van der Waals surface area contributed by atoms with Gasteiger partial charge < -0.3 is 14.8 Å². The first-order chi connectivity index (χ1) is 12.4. The zero-order valence-electron chi connectivity index (χ0n) is 15.5. The summed E-state index contributed by atoms with van der Waals surface area (Å²) in [5.74, 6) is 0.935. The van der Waals surface area contributed by atoms with Crippen LogP contribution in [-0.4, -0.2) is 34.9 Å². The molecule has 1 amide bonds. The molecule has 7 nitrogen and oxygen atoms in total. The van der Waals surface area contributed by atoms with Crippen molar-refractivity contribution in [1.82, 2.24) is 14.8 Å². The van der Waals surface area contributed by atoms with Crippen molar-refractivity contribution in [2.75, 3.05) is 19.5 Å². The number of fused-ring (bicyclic) bond motifs is 1. The van der Waals surface area contributed by atoms with Crippen LogP contribution in [0.1, 0.15) is 35.9 Å². The highest BCUT2D eigenvalue weighted by atomic mass is 16.5. The zero-order chi connectivity index (χ0) is 18.8. The van der Waals surface area contributed by atoms with Crippen molar-refractivity contribution >= 4 is 22.6 Å². The molecule has 3 aromatic rings. The topological polar surface area (TPSA) is 78.3 Å². The number of rotatable bonds is 5. The molecular weight excluding hydrogens is 332 g/mol. The summed E-state index contributed by atoms with van der Waals surface area (Å²) in [6, 6.07) is 7.15. The number of carbonyl (C=O) groups excluding carboxylic acids is 1. The van der Waals surface area contributed by atoms with Crippen molar-refractivity contribution in [2.24, 2.45) is 0 Å². The van der Waals surface area contributed by atoms with Gasteiger partial charge >= 0.3 is 0 Å². The SMILES string of the molecule is COc1ccc(NC(=O)c2cc(C)nc3c2cnn3C(C)C)c(OC)c1. The fraction of sp³-hybridized carbons (Fsp3) is 0.316. The fourth-order valence-corrected chi connectivity index (χ4v) is 2.80. The second kappa shape index (κ2) is 7.03. The predicted molar refractivity (Wildman–Crippen MR) is 100 cm³/mol. The third kappa shape index (κ3) is 3.20. The van der Waals surface area contributed by atoms with E-state index in [0.717, 1.165) is 5.69 Å². The van der Waals surface area contributed by atoms with Crippen molar-refractivity contribution in [2.45, 2.75) is 26.8 Å². The van der Waals surface area contributed by atoms with Crippen molar-refractivity contribution < 1.29 is 14.3 Å². The number of aryl methyl sites for hydroxylation is 1. The van der Waals surface area contributed by atoms with Crippen LogP contribution in [0.4, 0.5) is 5.69 Å². The van der Waals surface area contributed by atoms with Gasteiger partial charge in [0.1, 0.15) is 11.5 Å². The fourth-order valence-electron chi connectivity index (χ4n) is 2.80. The molecule has 0 fully saturated rings. The van der Waals surface area contributed by atoms with Crippen LogP contribution in [0.5, 0.6) is 11.5 Å². The van der Waals surface area contributed by atoms with Gasteiger partial charge in [-0.05, 0) is 39.0 Å². The summed E-state index contributed by atoms with van der Waals surface area (Å²) in [5, 5.41) is 7.99. The van der Waals surface area contributed by atoms with E-state index in [0.29, 0.717) is 33.8 Å². The molecule has 2 aromatic heterocycles. The first kappa shape index (κ1) is 17.7. The highest BCUT2D eigenvalue weighted by molar-refractivity contribution is 6.12. The average Bonchev–Trinajstić information content (AvgIpc) is 3.05. The van der Waals surface area contributed by atoms with Crippen LogP contribution < -0.4 is 14.8 Å². The maximum Gasteiger partial charge on any atom is 0.256 e. The van der Waals surface area contributed by atoms with E-state index in [9.17, 15) is 4.79 Å². The number of nitrogens with zero attached hydrogens (tertiary/aromatic N) is 3. The Morgan fingerprint density at radius 3 is 2.62 bits per heavy atom. The van der Waals surface area contributed by atoms with Gasteiger partial charge in [0, 0.05) is 17.8 Å². The van der Waals surface area contributed by atoms with Crippen LogP contribution in [0.25, 0.3) is 11.0 Å². The van der Waals surface area contributed by atoms with Crippen LogP contribution in [-0.2, 0) is 0 Å². The minimum atomic E-state index is -0.243. The highest BCUT2D eigenvalue weighted by Gasteiger charge is 2.18. The molecule has 7 heteroatoms. The number of methoxy groups -OCH3 is 2. The maximum atomic E-state index is 12.9. The van der Waals surface area contributed by atoms with Crippen molar-refractivity contribution in [3.8, 4) is 11.5 Å². The Morgan fingerprint density at radius 1 is 1.19 bits per heavy atom. The smallest absolute Gasteiger partial charge is 0.256 e. The summed E-state index contributed by atoms with van der Waals surface area (Å²) < 4.78 is 12.3. The van der Waals surface area contributed by atoms with Crippen molar-refractivity contribution in [3.63, 3.8) is 0 Å².